The Morgan fingerprint density at radius 3 is 2.47 bits per heavy atom. The van der Waals surface area contributed by atoms with Crippen LogP contribution in [0.2, 0.25) is 5.02 Å². The van der Waals surface area contributed by atoms with Crippen molar-refractivity contribution in [3.8, 4) is 0 Å². The number of allylic oxidation sites excluding steroid dienone is 2. The van der Waals surface area contributed by atoms with Crippen LogP contribution in [0.25, 0.3) is 5.57 Å². The molecule has 2 aromatic rings. The van der Waals surface area contributed by atoms with Gasteiger partial charge in [0.1, 0.15) is 5.82 Å². The summed E-state index contributed by atoms with van der Waals surface area (Å²) >= 11 is 6.86. The molecule has 6 nitrogen and oxygen atoms in total. The lowest BCUT2D eigenvalue weighted by molar-refractivity contribution is 0.0398. The fourth-order valence-electron chi connectivity index (χ4n) is 3.91. The maximum absolute atomic E-state index is 13.1. The predicted molar refractivity (Wildman–Crippen MR) is 142 cm³/mol. The summed E-state index contributed by atoms with van der Waals surface area (Å²) in [5.74, 6) is 0.880. The van der Waals surface area contributed by atoms with Gasteiger partial charge in [-0.1, -0.05) is 50.1 Å². The van der Waals surface area contributed by atoms with Crippen LogP contribution < -0.4 is 10.6 Å². The van der Waals surface area contributed by atoms with Crippen LogP contribution in [0, 0.1) is 0 Å². The van der Waals surface area contributed by atoms with Crippen molar-refractivity contribution in [2.75, 3.05) is 50.0 Å². The van der Waals surface area contributed by atoms with Crippen LogP contribution in [0.15, 0.2) is 36.0 Å². The summed E-state index contributed by atoms with van der Waals surface area (Å²) in [6.45, 7) is 15.6. The fraction of sp³-hybridized carbons (Fsp3) is 0.481. The Bertz CT molecular complexity index is 1010. The van der Waals surface area contributed by atoms with Gasteiger partial charge in [-0.3, -0.25) is 9.69 Å². The Morgan fingerprint density at radius 2 is 1.85 bits per heavy atom. The smallest absolute Gasteiger partial charge is 0.258 e. The number of morpholine rings is 1. The van der Waals surface area contributed by atoms with Crippen molar-refractivity contribution >= 4 is 34.6 Å². The average Bonchev–Trinajstić information content (AvgIpc) is 2.84. The molecule has 34 heavy (non-hydrogen) atoms. The highest BCUT2D eigenvalue weighted by molar-refractivity contribution is 6.36. The third-order valence-electron chi connectivity index (χ3n) is 6.47. The van der Waals surface area contributed by atoms with E-state index in [-0.39, 0.29) is 5.91 Å². The van der Waals surface area contributed by atoms with E-state index in [0.717, 1.165) is 62.6 Å². The highest BCUT2D eigenvalue weighted by Gasteiger charge is 2.21. The van der Waals surface area contributed by atoms with E-state index in [9.17, 15) is 4.79 Å². The molecule has 0 aliphatic carbocycles. The zero-order chi connectivity index (χ0) is 24.7. The molecule has 3 rings (SSSR count). The van der Waals surface area contributed by atoms with E-state index in [1.165, 1.54) is 11.1 Å². The summed E-state index contributed by atoms with van der Waals surface area (Å²) in [6.07, 6.45) is 2.46. The van der Waals surface area contributed by atoms with Gasteiger partial charge in [-0.15, -0.1) is 0 Å². The first-order valence-corrected chi connectivity index (χ1v) is 12.5. The normalized spacial score (nSPS) is 15.3. The van der Waals surface area contributed by atoms with E-state index in [1.54, 1.807) is 6.20 Å². The van der Waals surface area contributed by atoms with Gasteiger partial charge in [-0.05, 0) is 49.5 Å². The Hall–Kier alpha value is -2.41. The number of amides is 1. The summed E-state index contributed by atoms with van der Waals surface area (Å²) < 4.78 is 5.43. The van der Waals surface area contributed by atoms with Gasteiger partial charge in [-0.25, -0.2) is 4.98 Å². The molecule has 0 unspecified atom stereocenters. The number of carbonyl (C=O) groups is 1. The van der Waals surface area contributed by atoms with E-state index >= 15 is 0 Å². The summed E-state index contributed by atoms with van der Waals surface area (Å²) in [7, 11) is 0. The molecular weight excluding hydrogens is 448 g/mol. The molecular formula is C27H37ClN4O2. The van der Waals surface area contributed by atoms with Crippen LogP contribution in [-0.4, -0.2) is 55.2 Å². The number of nitrogens with one attached hydrogen (secondary N) is 2. The topological polar surface area (TPSA) is 66.5 Å². The molecule has 1 aromatic carbocycles. The van der Waals surface area contributed by atoms with Gasteiger partial charge in [0.25, 0.3) is 5.91 Å². The number of ether oxygens (including phenoxy) is 1. The lowest BCUT2D eigenvalue weighted by Gasteiger charge is -2.27. The fourth-order valence-corrected chi connectivity index (χ4v) is 4.27. The molecule has 1 saturated heterocycles. The Balaban J connectivity index is 1.83. The van der Waals surface area contributed by atoms with Crippen LogP contribution in [-0.2, 0) is 4.74 Å². The lowest BCUT2D eigenvalue weighted by Crippen LogP contribution is -2.39. The first kappa shape index (κ1) is 26.2. The molecule has 1 fully saturated rings. The van der Waals surface area contributed by atoms with Crippen LogP contribution in [0.1, 0.15) is 68.4 Å². The van der Waals surface area contributed by atoms with Crippen molar-refractivity contribution in [2.24, 2.45) is 0 Å². The molecule has 0 bridgehead atoms. The molecule has 0 atom stereocenters. The summed E-state index contributed by atoms with van der Waals surface area (Å²) in [6, 6.07) is 7.90. The molecule has 7 heteroatoms. The van der Waals surface area contributed by atoms with Crippen molar-refractivity contribution in [1.82, 2.24) is 9.88 Å². The van der Waals surface area contributed by atoms with Gasteiger partial charge >= 0.3 is 0 Å². The van der Waals surface area contributed by atoms with E-state index in [0.29, 0.717) is 22.3 Å². The number of hydrogen-bond donors (Lipinski definition) is 2. The van der Waals surface area contributed by atoms with Crippen molar-refractivity contribution in [1.29, 1.82) is 0 Å². The molecule has 2 heterocycles. The quantitative estimate of drug-likeness (QED) is 0.453. The maximum Gasteiger partial charge on any atom is 0.258 e. The van der Waals surface area contributed by atoms with Gasteiger partial charge in [0, 0.05) is 43.6 Å². The number of anilines is 2. The van der Waals surface area contributed by atoms with Gasteiger partial charge in [0.05, 0.1) is 23.8 Å². The number of benzene rings is 1. The summed E-state index contributed by atoms with van der Waals surface area (Å²) in [4.78, 5) is 20.1. The van der Waals surface area contributed by atoms with Crippen LogP contribution in [0.4, 0.5) is 11.5 Å². The third-order valence-corrected chi connectivity index (χ3v) is 6.86. The molecule has 0 spiro atoms. The largest absolute Gasteiger partial charge is 0.379 e. The molecule has 0 saturated carbocycles. The first-order chi connectivity index (χ1) is 16.3. The third kappa shape index (κ3) is 6.59. The maximum atomic E-state index is 13.1. The first-order valence-electron chi connectivity index (χ1n) is 12.1. The van der Waals surface area contributed by atoms with Crippen molar-refractivity contribution in [3.05, 3.63) is 57.7 Å². The van der Waals surface area contributed by atoms with Crippen LogP contribution in [0.3, 0.4) is 0 Å². The number of carbonyl (C=O) groups excluding carboxylic acids is 1. The molecule has 1 aliphatic heterocycles. The molecule has 0 radical (unpaired) electrons. The van der Waals surface area contributed by atoms with Crippen molar-refractivity contribution in [2.45, 2.75) is 47.0 Å². The highest BCUT2D eigenvalue weighted by atomic mass is 35.5. The molecule has 2 N–H and O–H groups in total. The monoisotopic (exact) mass is 484 g/mol. The van der Waals surface area contributed by atoms with Crippen LogP contribution in [0.5, 0.6) is 0 Å². The molecule has 1 amide bonds. The minimum atomic E-state index is -0.266. The summed E-state index contributed by atoms with van der Waals surface area (Å²) in [5.41, 5.74) is 5.38. The summed E-state index contributed by atoms with van der Waals surface area (Å²) in [5, 5.41) is 6.83. The molecule has 1 aromatic heterocycles. The Kier molecular flexibility index (Phi) is 9.51. The zero-order valence-corrected chi connectivity index (χ0v) is 21.8. The number of rotatable bonds is 9. The van der Waals surface area contributed by atoms with E-state index < -0.39 is 0 Å². The van der Waals surface area contributed by atoms with E-state index in [2.05, 4.69) is 48.2 Å². The second-order valence-corrected chi connectivity index (χ2v) is 9.46. The number of aromatic nitrogens is 1. The number of pyridine rings is 1. The zero-order valence-electron chi connectivity index (χ0n) is 21.0. The van der Waals surface area contributed by atoms with E-state index in [4.69, 9.17) is 16.3 Å². The lowest BCUT2D eigenvalue weighted by atomic mass is 9.99. The number of hydrogen-bond acceptors (Lipinski definition) is 5. The SMILES string of the molecule is CCC(C)=C(C)c1c(NCCN2CCOCC2)ncc(C(=O)Nc2ccc(C(C)C)cc2)c1Cl. The standard InChI is InChI=1S/C27H37ClN4O2/c1-6-19(4)20(5)24-25(28)23(27(33)31-22-9-7-21(8-10-22)18(2)3)17-30-26(24)29-11-12-32-13-15-34-16-14-32/h7-10,17-18H,6,11-16H2,1-5H3,(H,29,30)(H,31,33). The predicted octanol–water partition coefficient (Wildman–Crippen LogP) is 6.06. The minimum absolute atomic E-state index is 0.266. The second kappa shape index (κ2) is 12.3. The Labute approximate surface area is 208 Å². The Morgan fingerprint density at radius 1 is 1.18 bits per heavy atom. The van der Waals surface area contributed by atoms with Crippen molar-refractivity contribution < 1.29 is 9.53 Å². The van der Waals surface area contributed by atoms with Crippen molar-refractivity contribution in [3.63, 3.8) is 0 Å². The number of halogens is 1. The average molecular weight is 485 g/mol. The number of nitrogens with zero attached hydrogens (tertiary/aromatic N) is 2. The molecule has 184 valence electrons. The second-order valence-electron chi connectivity index (χ2n) is 9.08. The van der Waals surface area contributed by atoms with Crippen LogP contribution >= 0.6 is 11.6 Å². The van der Waals surface area contributed by atoms with Gasteiger partial charge in [0.2, 0.25) is 0 Å². The highest BCUT2D eigenvalue weighted by Crippen LogP contribution is 2.35. The molecule has 1 aliphatic rings. The van der Waals surface area contributed by atoms with Gasteiger partial charge in [-0.2, -0.15) is 0 Å². The van der Waals surface area contributed by atoms with Gasteiger partial charge in [0.15, 0.2) is 0 Å². The van der Waals surface area contributed by atoms with E-state index in [1.807, 2.05) is 31.2 Å². The minimum Gasteiger partial charge on any atom is -0.379 e. The van der Waals surface area contributed by atoms with Gasteiger partial charge < -0.3 is 15.4 Å².